The van der Waals surface area contributed by atoms with Gasteiger partial charge in [-0.3, -0.25) is 4.90 Å². The van der Waals surface area contributed by atoms with E-state index in [-0.39, 0.29) is 30.5 Å². The summed E-state index contributed by atoms with van der Waals surface area (Å²) in [6.07, 6.45) is 7.78. The molecule has 0 aromatic heterocycles. The van der Waals surface area contributed by atoms with Crippen molar-refractivity contribution in [3.63, 3.8) is 0 Å². The number of rotatable bonds is 4. The predicted molar refractivity (Wildman–Crippen MR) is 187 cm³/mol. The number of nitrogens with zero attached hydrogens (tertiary/aromatic N) is 7. The summed E-state index contributed by atoms with van der Waals surface area (Å²) in [7, 11) is 2.14. The van der Waals surface area contributed by atoms with Crippen LogP contribution in [0.2, 0.25) is 0 Å². The van der Waals surface area contributed by atoms with Crippen LogP contribution in [0.3, 0.4) is 0 Å². The highest BCUT2D eigenvalue weighted by Gasteiger charge is 2.40. The maximum Gasteiger partial charge on any atom is 0.410 e. The topological polar surface area (TPSA) is 97.0 Å². The number of benzene rings is 2. The van der Waals surface area contributed by atoms with Crippen LogP contribution in [0, 0.1) is 24.2 Å². The summed E-state index contributed by atoms with van der Waals surface area (Å²) in [5, 5.41) is 12.3. The number of piperazine rings is 1. The zero-order chi connectivity index (χ0) is 33.1. The van der Waals surface area contributed by atoms with Crippen molar-refractivity contribution >= 4 is 34.4 Å². The molecule has 4 aliphatic heterocycles. The first-order valence-electron chi connectivity index (χ1n) is 17.2. The minimum Gasteiger partial charge on any atom is -0.444 e. The minimum atomic E-state index is -0.607. The molecule has 6 rings (SSSR count). The number of anilines is 1. The average Bonchev–Trinajstić information content (AvgIpc) is 3.32. The van der Waals surface area contributed by atoms with Crippen LogP contribution in [0.4, 0.5) is 10.5 Å². The fourth-order valence-corrected chi connectivity index (χ4v) is 7.54. The van der Waals surface area contributed by atoms with Crippen molar-refractivity contribution in [3.05, 3.63) is 54.3 Å². The number of fused-ring (bicyclic) bond motifs is 2. The van der Waals surface area contributed by atoms with Gasteiger partial charge in [0.25, 0.3) is 0 Å². The van der Waals surface area contributed by atoms with E-state index in [9.17, 15) is 10.1 Å². The fraction of sp³-hybridized carbons (Fsp3) is 0.568. The maximum atomic E-state index is 13.1. The number of carbonyl (C=O) groups excluding carboxylic acids is 1. The monoisotopic (exact) mass is 639 g/mol. The molecule has 4 atom stereocenters. The number of likely N-dealkylation sites (N-methyl/N-ethyl adjacent to an activating group) is 1. The molecule has 4 aliphatic rings. The van der Waals surface area contributed by atoms with Crippen LogP contribution in [-0.2, 0) is 9.47 Å². The molecule has 10 nitrogen and oxygen atoms in total. The quantitative estimate of drug-likeness (QED) is 0.381. The summed E-state index contributed by atoms with van der Waals surface area (Å²) in [4.78, 5) is 32.1. The number of nitriles is 1. The Bertz CT molecular complexity index is 1580. The Kier molecular flexibility index (Phi) is 9.74. The third-order valence-corrected chi connectivity index (χ3v) is 9.93. The zero-order valence-corrected chi connectivity index (χ0v) is 28.6. The summed E-state index contributed by atoms with van der Waals surface area (Å²) in [5.74, 6) is 1.05. The molecule has 0 N–H and O–H groups in total. The molecule has 0 spiro atoms. The highest BCUT2D eigenvalue weighted by atomic mass is 16.6. The van der Waals surface area contributed by atoms with E-state index in [2.05, 4.69) is 77.2 Å². The smallest absolute Gasteiger partial charge is 0.410 e. The molecule has 4 unspecified atom stereocenters. The second kappa shape index (κ2) is 13.9. The fourth-order valence-electron chi connectivity index (χ4n) is 7.54. The van der Waals surface area contributed by atoms with Crippen molar-refractivity contribution in [1.82, 2.24) is 14.7 Å². The van der Waals surface area contributed by atoms with Gasteiger partial charge in [-0.2, -0.15) is 10.3 Å². The predicted octanol–water partition coefficient (Wildman–Crippen LogP) is 5.96. The number of likely N-dealkylation sites (tertiary alicyclic amines) is 1. The van der Waals surface area contributed by atoms with Crippen LogP contribution >= 0.6 is 0 Å². The third-order valence-electron chi connectivity index (χ3n) is 9.93. The third kappa shape index (κ3) is 7.41. The molecule has 47 heavy (non-hydrogen) atoms. The lowest BCUT2D eigenvalue weighted by Crippen LogP contribution is -2.59. The van der Waals surface area contributed by atoms with Gasteiger partial charge in [0.2, 0.25) is 0 Å². The summed E-state index contributed by atoms with van der Waals surface area (Å²) in [6, 6.07) is 15.8. The number of hydrogen-bond donors (Lipinski definition) is 0. The second-order valence-electron chi connectivity index (χ2n) is 14.3. The summed E-state index contributed by atoms with van der Waals surface area (Å²) >= 11 is 0. The SMILES string of the molecule is Cc1cccc2cccc(N3CCC4N=C(O/C=C/C5CCCN5C)N=C(N5CCN(C(=O)OC(C)(C)C)C(CC#N)C5)C4CC3)c12. The number of carbonyl (C=O) groups is 1. The number of aliphatic imine (C=N–C) groups is 2. The molecule has 0 aliphatic carbocycles. The van der Waals surface area contributed by atoms with E-state index in [0.29, 0.717) is 31.7 Å². The van der Waals surface area contributed by atoms with Crippen molar-refractivity contribution in [3.8, 4) is 6.07 Å². The molecule has 250 valence electrons. The minimum absolute atomic E-state index is 0.0134. The Morgan fingerprint density at radius 3 is 2.57 bits per heavy atom. The van der Waals surface area contributed by atoms with E-state index >= 15 is 0 Å². The van der Waals surface area contributed by atoms with Gasteiger partial charge in [0.1, 0.15) is 11.4 Å². The average molecular weight is 640 g/mol. The Balaban J connectivity index is 1.27. The molecule has 1 amide bonds. The van der Waals surface area contributed by atoms with Gasteiger partial charge in [0.15, 0.2) is 0 Å². The highest BCUT2D eigenvalue weighted by molar-refractivity contribution is 5.99. The Hall–Kier alpha value is -4.10. The number of amidine groups is 2. The first-order chi connectivity index (χ1) is 22.6. The molecule has 3 fully saturated rings. The van der Waals surface area contributed by atoms with Crippen molar-refractivity contribution in [2.24, 2.45) is 15.9 Å². The number of ether oxygens (including phenoxy) is 2. The summed E-state index contributed by atoms with van der Waals surface area (Å²) in [6.45, 7) is 12.2. The molecule has 0 radical (unpaired) electrons. The first-order valence-corrected chi connectivity index (χ1v) is 17.2. The van der Waals surface area contributed by atoms with E-state index in [4.69, 9.17) is 19.5 Å². The van der Waals surface area contributed by atoms with E-state index < -0.39 is 5.60 Å². The lowest BCUT2D eigenvalue weighted by Gasteiger charge is -2.44. The van der Waals surface area contributed by atoms with Gasteiger partial charge in [-0.15, -0.1) is 0 Å². The van der Waals surface area contributed by atoms with E-state index in [1.54, 1.807) is 11.2 Å². The van der Waals surface area contributed by atoms with Crippen molar-refractivity contribution in [1.29, 1.82) is 5.26 Å². The van der Waals surface area contributed by atoms with Crippen LogP contribution < -0.4 is 4.90 Å². The second-order valence-corrected chi connectivity index (χ2v) is 14.3. The summed E-state index contributed by atoms with van der Waals surface area (Å²) < 4.78 is 11.9. The van der Waals surface area contributed by atoms with Crippen molar-refractivity contribution in [2.75, 3.05) is 51.2 Å². The normalized spacial score (nSPS) is 25.7. The molecular formula is C37H49N7O3. The van der Waals surface area contributed by atoms with Crippen molar-refractivity contribution in [2.45, 2.75) is 83.5 Å². The van der Waals surface area contributed by atoms with Crippen LogP contribution in [0.1, 0.15) is 58.4 Å². The van der Waals surface area contributed by atoms with E-state index in [0.717, 1.165) is 44.7 Å². The summed E-state index contributed by atoms with van der Waals surface area (Å²) in [5.41, 5.74) is 1.94. The lowest BCUT2D eigenvalue weighted by atomic mass is 9.91. The number of hydrogen-bond acceptors (Lipinski definition) is 9. The van der Waals surface area contributed by atoms with Crippen LogP contribution in [0.15, 0.2) is 58.7 Å². The Labute approximate surface area is 279 Å². The van der Waals surface area contributed by atoms with Gasteiger partial charge in [-0.05, 0) is 90.1 Å². The zero-order valence-electron chi connectivity index (χ0n) is 28.6. The first kappa shape index (κ1) is 32.8. The van der Waals surface area contributed by atoms with Gasteiger partial charge in [0.05, 0.1) is 30.8 Å². The molecule has 0 saturated carbocycles. The van der Waals surface area contributed by atoms with Crippen LogP contribution in [-0.4, -0.2) is 103 Å². The molecular weight excluding hydrogens is 590 g/mol. The Morgan fingerprint density at radius 1 is 1.04 bits per heavy atom. The largest absolute Gasteiger partial charge is 0.444 e. The van der Waals surface area contributed by atoms with E-state index in [1.807, 2.05) is 20.8 Å². The van der Waals surface area contributed by atoms with E-state index in [1.165, 1.54) is 28.4 Å². The van der Waals surface area contributed by atoms with Gasteiger partial charge in [-0.1, -0.05) is 30.3 Å². The number of aryl methyl sites for hydroxylation is 1. The molecule has 4 heterocycles. The van der Waals surface area contributed by atoms with Crippen molar-refractivity contribution < 1.29 is 14.3 Å². The Morgan fingerprint density at radius 2 is 1.83 bits per heavy atom. The van der Waals surface area contributed by atoms with Crippen LogP contribution in [0.5, 0.6) is 0 Å². The standard InChI is InChI=1S/C37H49N7O3/c1-26-9-6-10-27-11-7-13-32(33(26)27)42-20-15-30-31(16-21-42)39-35(46-24-17-28-12-8-19-41(28)5)40-34(30)43-22-23-44(29(25-43)14-18-38)36(45)47-37(2,3)4/h6-7,9-11,13,17,24,28-31H,8,12,14-16,19-23,25H2,1-5H3/b24-17+. The maximum absolute atomic E-state index is 13.1. The van der Waals surface area contributed by atoms with Gasteiger partial charge in [-0.25, -0.2) is 9.79 Å². The highest BCUT2D eigenvalue weighted by Crippen LogP contribution is 2.35. The number of amides is 1. The van der Waals surface area contributed by atoms with Gasteiger partial charge < -0.3 is 24.2 Å². The van der Waals surface area contributed by atoms with Gasteiger partial charge >= 0.3 is 12.1 Å². The van der Waals surface area contributed by atoms with Crippen LogP contribution in [0.25, 0.3) is 10.8 Å². The molecule has 2 aromatic carbocycles. The molecule has 2 aromatic rings. The molecule has 0 bridgehead atoms. The lowest BCUT2D eigenvalue weighted by molar-refractivity contribution is 0.00540. The molecule has 3 saturated heterocycles. The molecule has 10 heteroatoms. The van der Waals surface area contributed by atoms with Gasteiger partial charge in [0, 0.05) is 55.8 Å².